The van der Waals surface area contributed by atoms with Crippen molar-refractivity contribution in [3.63, 3.8) is 0 Å². The summed E-state index contributed by atoms with van der Waals surface area (Å²) in [6, 6.07) is 7.88. The standard InChI is InChI=1S/C14H15ClN2/c1-2-3-4-13-12(5-6-14(15)17-13)11-7-9-16-10-8-11/h5-10H,2-4H2,1H3. The summed E-state index contributed by atoms with van der Waals surface area (Å²) in [5, 5.41) is 0.564. The van der Waals surface area contributed by atoms with E-state index in [1.54, 1.807) is 12.4 Å². The van der Waals surface area contributed by atoms with Gasteiger partial charge < -0.3 is 0 Å². The lowest BCUT2D eigenvalue weighted by atomic mass is 10.0. The molecule has 0 N–H and O–H groups in total. The Kier molecular flexibility index (Phi) is 4.10. The van der Waals surface area contributed by atoms with E-state index in [4.69, 9.17) is 11.6 Å². The third kappa shape index (κ3) is 3.04. The number of hydrogen-bond acceptors (Lipinski definition) is 2. The third-order valence-corrected chi connectivity index (χ3v) is 2.91. The van der Waals surface area contributed by atoms with Gasteiger partial charge in [0.1, 0.15) is 5.15 Å². The van der Waals surface area contributed by atoms with Crippen LogP contribution >= 0.6 is 11.6 Å². The van der Waals surface area contributed by atoms with E-state index < -0.39 is 0 Å². The zero-order valence-electron chi connectivity index (χ0n) is 9.86. The van der Waals surface area contributed by atoms with Crippen molar-refractivity contribution in [3.05, 3.63) is 47.5 Å². The normalized spacial score (nSPS) is 10.5. The van der Waals surface area contributed by atoms with Gasteiger partial charge in [-0.05, 0) is 42.7 Å². The quantitative estimate of drug-likeness (QED) is 0.758. The number of unbranched alkanes of at least 4 members (excludes halogenated alkanes) is 1. The Morgan fingerprint density at radius 1 is 1.12 bits per heavy atom. The van der Waals surface area contributed by atoms with Gasteiger partial charge in [0, 0.05) is 23.7 Å². The highest BCUT2D eigenvalue weighted by Crippen LogP contribution is 2.24. The summed E-state index contributed by atoms with van der Waals surface area (Å²) in [4.78, 5) is 8.47. The number of nitrogens with zero attached hydrogens (tertiary/aromatic N) is 2. The number of rotatable bonds is 4. The largest absolute Gasteiger partial charge is 0.265 e. The molecule has 0 fully saturated rings. The van der Waals surface area contributed by atoms with E-state index in [9.17, 15) is 0 Å². The molecule has 3 heteroatoms. The molecule has 0 saturated heterocycles. The van der Waals surface area contributed by atoms with Crippen molar-refractivity contribution in [2.24, 2.45) is 0 Å². The summed E-state index contributed by atoms with van der Waals surface area (Å²) < 4.78 is 0. The highest BCUT2D eigenvalue weighted by Gasteiger charge is 2.06. The smallest absolute Gasteiger partial charge is 0.129 e. The van der Waals surface area contributed by atoms with Crippen LogP contribution in [0.15, 0.2) is 36.7 Å². The summed E-state index contributed by atoms with van der Waals surface area (Å²) in [6.45, 7) is 2.18. The Morgan fingerprint density at radius 3 is 2.59 bits per heavy atom. The molecule has 0 aliphatic heterocycles. The van der Waals surface area contributed by atoms with Crippen LogP contribution in [0.4, 0.5) is 0 Å². The highest BCUT2D eigenvalue weighted by molar-refractivity contribution is 6.29. The Balaban J connectivity index is 2.39. The first-order valence-corrected chi connectivity index (χ1v) is 6.25. The van der Waals surface area contributed by atoms with Crippen LogP contribution in [0.3, 0.4) is 0 Å². The van der Waals surface area contributed by atoms with Gasteiger partial charge in [-0.15, -0.1) is 0 Å². The van der Waals surface area contributed by atoms with Crippen molar-refractivity contribution < 1.29 is 0 Å². The first-order valence-electron chi connectivity index (χ1n) is 5.87. The van der Waals surface area contributed by atoms with Crippen LogP contribution < -0.4 is 0 Å². The van der Waals surface area contributed by atoms with E-state index in [-0.39, 0.29) is 0 Å². The summed E-state index contributed by atoms with van der Waals surface area (Å²) in [7, 11) is 0. The van der Waals surface area contributed by atoms with Gasteiger partial charge in [-0.2, -0.15) is 0 Å². The van der Waals surface area contributed by atoms with Gasteiger partial charge in [0.25, 0.3) is 0 Å². The van der Waals surface area contributed by atoms with Gasteiger partial charge in [-0.1, -0.05) is 24.9 Å². The molecule has 0 radical (unpaired) electrons. The molecule has 2 aromatic heterocycles. The van der Waals surface area contributed by atoms with E-state index in [0.29, 0.717) is 5.15 Å². The van der Waals surface area contributed by atoms with E-state index in [2.05, 4.69) is 16.9 Å². The minimum absolute atomic E-state index is 0.564. The zero-order chi connectivity index (χ0) is 12.1. The van der Waals surface area contributed by atoms with Crippen LogP contribution in [0.1, 0.15) is 25.5 Å². The number of pyridine rings is 2. The maximum atomic E-state index is 5.96. The fraction of sp³-hybridized carbons (Fsp3) is 0.286. The minimum Gasteiger partial charge on any atom is -0.265 e. The summed E-state index contributed by atoms with van der Waals surface area (Å²) in [6.07, 6.45) is 6.85. The van der Waals surface area contributed by atoms with Gasteiger partial charge in [-0.25, -0.2) is 4.98 Å². The maximum absolute atomic E-state index is 5.96. The van der Waals surface area contributed by atoms with Gasteiger partial charge in [0.2, 0.25) is 0 Å². The summed E-state index contributed by atoms with van der Waals surface area (Å²) >= 11 is 5.96. The molecular formula is C14H15ClN2. The van der Waals surface area contributed by atoms with Gasteiger partial charge >= 0.3 is 0 Å². The average Bonchev–Trinajstić information content (AvgIpc) is 2.37. The van der Waals surface area contributed by atoms with Crippen molar-refractivity contribution in [3.8, 4) is 11.1 Å². The van der Waals surface area contributed by atoms with Crippen LogP contribution in [0.2, 0.25) is 5.15 Å². The predicted octanol–water partition coefficient (Wildman–Crippen LogP) is 4.14. The molecule has 88 valence electrons. The molecule has 2 heterocycles. The van der Waals surface area contributed by atoms with Gasteiger partial charge in [0.15, 0.2) is 0 Å². The Hall–Kier alpha value is -1.41. The lowest BCUT2D eigenvalue weighted by Crippen LogP contribution is -1.95. The number of hydrogen-bond donors (Lipinski definition) is 0. The van der Waals surface area contributed by atoms with Crippen molar-refractivity contribution in [1.82, 2.24) is 9.97 Å². The molecule has 0 aliphatic carbocycles. The molecule has 2 aromatic rings. The van der Waals surface area contributed by atoms with Crippen molar-refractivity contribution in [2.45, 2.75) is 26.2 Å². The number of halogens is 1. The molecule has 0 saturated carbocycles. The number of aryl methyl sites for hydroxylation is 1. The Labute approximate surface area is 107 Å². The first-order chi connectivity index (χ1) is 8.31. The average molecular weight is 247 g/mol. The molecule has 0 bridgehead atoms. The molecule has 17 heavy (non-hydrogen) atoms. The summed E-state index contributed by atoms with van der Waals surface area (Å²) in [5.41, 5.74) is 3.38. The molecule has 2 nitrogen and oxygen atoms in total. The fourth-order valence-electron chi connectivity index (χ4n) is 1.80. The van der Waals surface area contributed by atoms with Crippen molar-refractivity contribution in [1.29, 1.82) is 0 Å². The van der Waals surface area contributed by atoms with E-state index >= 15 is 0 Å². The van der Waals surface area contributed by atoms with E-state index in [1.165, 1.54) is 0 Å². The van der Waals surface area contributed by atoms with E-state index in [0.717, 1.165) is 36.1 Å². The molecule has 2 rings (SSSR count). The lowest BCUT2D eigenvalue weighted by molar-refractivity contribution is 0.778. The van der Waals surface area contributed by atoms with Crippen molar-refractivity contribution in [2.75, 3.05) is 0 Å². The van der Waals surface area contributed by atoms with Gasteiger partial charge in [-0.3, -0.25) is 4.98 Å². The Morgan fingerprint density at radius 2 is 1.88 bits per heavy atom. The molecular weight excluding hydrogens is 232 g/mol. The highest BCUT2D eigenvalue weighted by atomic mass is 35.5. The molecule has 0 amide bonds. The third-order valence-electron chi connectivity index (χ3n) is 2.70. The number of aromatic nitrogens is 2. The molecule has 0 atom stereocenters. The van der Waals surface area contributed by atoms with Crippen LogP contribution in [-0.4, -0.2) is 9.97 Å². The molecule has 0 aliphatic rings. The Bertz CT molecular complexity index is 483. The zero-order valence-corrected chi connectivity index (χ0v) is 10.6. The minimum atomic E-state index is 0.564. The first kappa shape index (κ1) is 12.1. The van der Waals surface area contributed by atoms with Crippen LogP contribution in [0.25, 0.3) is 11.1 Å². The van der Waals surface area contributed by atoms with Crippen molar-refractivity contribution >= 4 is 11.6 Å². The van der Waals surface area contributed by atoms with E-state index in [1.807, 2.05) is 24.3 Å². The topological polar surface area (TPSA) is 25.8 Å². The second-order valence-corrected chi connectivity index (χ2v) is 4.35. The molecule has 0 unspecified atom stereocenters. The molecule has 0 spiro atoms. The molecule has 0 aromatic carbocycles. The maximum Gasteiger partial charge on any atom is 0.129 e. The lowest BCUT2D eigenvalue weighted by Gasteiger charge is -2.08. The van der Waals surface area contributed by atoms with Crippen LogP contribution in [0.5, 0.6) is 0 Å². The van der Waals surface area contributed by atoms with Gasteiger partial charge in [0.05, 0.1) is 0 Å². The van der Waals surface area contributed by atoms with Crippen LogP contribution in [0, 0.1) is 0 Å². The second kappa shape index (κ2) is 5.78. The second-order valence-electron chi connectivity index (χ2n) is 3.97. The predicted molar refractivity (Wildman–Crippen MR) is 71.1 cm³/mol. The summed E-state index contributed by atoms with van der Waals surface area (Å²) in [5.74, 6) is 0. The fourth-order valence-corrected chi connectivity index (χ4v) is 1.97. The monoisotopic (exact) mass is 246 g/mol. The SMILES string of the molecule is CCCCc1nc(Cl)ccc1-c1ccncc1. The van der Waals surface area contributed by atoms with Crippen LogP contribution in [-0.2, 0) is 6.42 Å².